The van der Waals surface area contributed by atoms with Crippen molar-refractivity contribution in [2.45, 2.75) is 6.54 Å². The third kappa shape index (κ3) is 3.96. The zero-order valence-electron chi connectivity index (χ0n) is 14.5. The fourth-order valence-corrected chi connectivity index (χ4v) is 2.55. The van der Waals surface area contributed by atoms with E-state index in [0.717, 1.165) is 4.68 Å². The molecule has 0 aliphatic rings. The summed E-state index contributed by atoms with van der Waals surface area (Å²) in [7, 11) is 0. The van der Waals surface area contributed by atoms with Crippen molar-refractivity contribution in [2.24, 2.45) is 0 Å². The van der Waals surface area contributed by atoms with E-state index in [0.29, 0.717) is 5.69 Å². The van der Waals surface area contributed by atoms with Crippen molar-refractivity contribution < 1.29 is 14.3 Å². The van der Waals surface area contributed by atoms with Gasteiger partial charge in [-0.1, -0.05) is 24.3 Å². The second kappa shape index (κ2) is 8.01. The number of hydrogen-bond donors (Lipinski definition) is 2. The first-order chi connectivity index (χ1) is 13.5. The number of H-pyrrole nitrogens is 1. The van der Waals surface area contributed by atoms with Gasteiger partial charge < -0.3 is 10.1 Å². The average Bonchev–Trinajstić information content (AvgIpc) is 2.71. The molecule has 1 heterocycles. The largest absolute Gasteiger partial charge is 0.454 e. The summed E-state index contributed by atoms with van der Waals surface area (Å²) in [6.45, 7) is -1.16. The molecule has 3 rings (SSSR count). The van der Waals surface area contributed by atoms with Crippen LogP contribution in [-0.2, 0) is 20.9 Å². The van der Waals surface area contributed by atoms with Gasteiger partial charge in [-0.15, -0.1) is 0 Å². The molecule has 9 nitrogen and oxygen atoms in total. The second-order valence-electron chi connectivity index (χ2n) is 5.74. The zero-order valence-corrected chi connectivity index (χ0v) is 14.5. The molecule has 0 unspecified atom stereocenters. The van der Waals surface area contributed by atoms with Crippen LogP contribution in [0.2, 0.25) is 0 Å². The van der Waals surface area contributed by atoms with E-state index in [1.165, 1.54) is 24.3 Å². The van der Waals surface area contributed by atoms with Gasteiger partial charge in [0.2, 0.25) is 0 Å². The first kappa shape index (κ1) is 18.6. The molecule has 0 aliphatic heterocycles. The van der Waals surface area contributed by atoms with Gasteiger partial charge >= 0.3 is 5.97 Å². The summed E-state index contributed by atoms with van der Waals surface area (Å²) in [5.41, 5.74) is -0.517. The number of ether oxygens (including phenoxy) is 1. The molecule has 0 saturated carbocycles. The second-order valence-corrected chi connectivity index (χ2v) is 5.74. The Hall–Kier alpha value is -4.19. The Labute approximate surface area is 157 Å². The number of aromatic nitrogens is 2. The molecule has 0 bridgehead atoms. The van der Waals surface area contributed by atoms with Crippen molar-refractivity contribution in [1.82, 2.24) is 9.78 Å². The Morgan fingerprint density at radius 1 is 1.07 bits per heavy atom. The van der Waals surface area contributed by atoms with Gasteiger partial charge in [-0.25, -0.2) is 4.68 Å². The van der Waals surface area contributed by atoms with Crippen molar-refractivity contribution in [1.29, 1.82) is 5.26 Å². The van der Waals surface area contributed by atoms with Crippen LogP contribution in [0.5, 0.6) is 0 Å². The minimum Gasteiger partial charge on any atom is -0.454 e. The molecule has 1 aromatic heterocycles. The number of nitriles is 1. The highest BCUT2D eigenvalue weighted by molar-refractivity contribution is 5.94. The van der Waals surface area contributed by atoms with Crippen molar-refractivity contribution in [3.8, 4) is 6.07 Å². The number of benzene rings is 2. The summed E-state index contributed by atoms with van der Waals surface area (Å²) in [6, 6.07) is 14.5. The predicted octanol–water partition coefficient (Wildman–Crippen LogP) is 0.743. The third-order valence-corrected chi connectivity index (χ3v) is 3.86. The van der Waals surface area contributed by atoms with Crippen LogP contribution in [0.1, 0.15) is 5.56 Å². The molecule has 2 N–H and O–H groups in total. The topological polar surface area (TPSA) is 134 Å². The van der Waals surface area contributed by atoms with Gasteiger partial charge in [-0.05, 0) is 24.3 Å². The molecule has 0 saturated heterocycles. The summed E-state index contributed by atoms with van der Waals surface area (Å²) < 4.78 is 5.67. The summed E-state index contributed by atoms with van der Waals surface area (Å²) in [5, 5.41) is 14.1. The van der Waals surface area contributed by atoms with Crippen LogP contribution < -0.4 is 16.4 Å². The van der Waals surface area contributed by atoms with E-state index in [1.54, 1.807) is 24.3 Å². The highest BCUT2D eigenvalue weighted by Gasteiger charge is 2.13. The summed E-state index contributed by atoms with van der Waals surface area (Å²) in [6.07, 6.45) is 0. The minimum absolute atomic E-state index is 0.171. The number of aromatic amines is 1. The maximum Gasteiger partial charge on any atom is 0.328 e. The van der Waals surface area contributed by atoms with Crippen LogP contribution in [0, 0.1) is 11.3 Å². The van der Waals surface area contributed by atoms with E-state index < -0.39 is 36.1 Å². The van der Waals surface area contributed by atoms with Crippen LogP contribution in [0.15, 0.2) is 58.1 Å². The van der Waals surface area contributed by atoms with E-state index >= 15 is 0 Å². The zero-order chi connectivity index (χ0) is 20.1. The molecule has 0 aliphatic carbocycles. The molecule has 0 fully saturated rings. The lowest BCUT2D eigenvalue weighted by Gasteiger charge is -2.09. The molecule has 140 valence electrons. The number of anilines is 1. The number of carbonyl (C=O) groups is 2. The SMILES string of the molecule is N#Cc1ccccc1NC(=O)COC(=O)Cn1[nH]c(=O)c2ccccc2c1=O. The molecule has 3 aromatic rings. The molecular formula is C19H14N4O5. The lowest BCUT2D eigenvalue weighted by molar-refractivity contribution is -0.148. The third-order valence-electron chi connectivity index (χ3n) is 3.86. The first-order valence-corrected chi connectivity index (χ1v) is 8.16. The van der Waals surface area contributed by atoms with E-state index in [1.807, 2.05) is 6.07 Å². The summed E-state index contributed by atoms with van der Waals surface area (Å²) >= 11 is 0. The standard InChI is InChI=1S/C19H14N4O5/c20-9-12-5-1-4-8-15(12)21-16(24)11-28-17(25)10-23-19(27)14-7-3-2-6-13(14)18(26)22-23/h1-8H,10-11H2,(H,21,24)(H,22,26). The lowest BCUT2D eigenvalue weighted by atomic mass is 10.2. The fraction of sp³-hybridized carbons (Fsp3) is 0.105. The van der Waals surface area contributed by atoms with E-state index in [-0.39, 0.29) is 16.3 Å². The molecule has 28 heavy (non-hydrogen) atoms. The molecule has 0 spiro atoms. The predicted molar refractivity (Wildman–Crippen MR) is 99.6 cm³/mol. The number of para-hydroxylation sites is 1. The number of esters is 1. The Morgan fingerprint density at radius 3 is 2.50 bits per heavy atom. The first-order valence-electron chi connectivity index (χ1n) is 8.16. The van der Waals surface area contributed by atoms with Crippen molar-refractivity contribution in [2.75, 3.05) is 11.9 Å². The highest BCUT2D eigenvalue weighted by Crippen LogP contribution is 2.13. The normalized spacial score (nSPS) is 10.2. The van der Waals surface area contributed by atoms with Crippen molar-refractivity contribution in [3.05, 3.63) is 74.8 Å². The smallest absolute Gasteiger partial charge is 0.328 e. The van der Waals surface area contributed by atoms with Crippen LogP contribution in [0.25, 0.3) is 10.8 Å². The van der Waals surface area contributed by atoms with Crippen molar-refractivity contribution in [3.63, 3.8) is 0 Å². The molecule has 0 atom stereocenters. The number of amides is 1. The molecule has 0 radical (unpaired) electrons. The number of hydrogen-bond acceptors (Lipinski definition) is 6. The van der Waals surface area contributed by atoms with Crippen molar-refractivity contribution >= 4 is 28.3 Å². The summed E-state index contributed by atoms with van der Waals surface area (Å²) in [5.74, 6) is -1.52. The maximum absolute atomic E-state index is 12.3. The van der Waals surface area contributed by atoms with E-state index in [4.69, 9.17) is 10.00 Å². The van der Waals surface area contributed by atoms with Crippen LogP contribution in [0.4, 0.5) is 5.69 Å². The Balaban J connectivity index is 1.65. The minimum atomic E-state index is -0.878. The summed E-state index contributed by atoms with van der Waals surface area (Å²) in [4.78, 5) is 48.2. The van der Waals surface area contributed by atoms with Gasteiger partial charge in [0.25, 0.3) is 17.0 Å². The number of carbonyl (C=O) groups excluding carboxylic acids is 2. The lowest BCUT2D eigenvalue weighted by Crippen LogP contribution is -2.33. The monoisotopic (exact) mass is 378 g/mol. The Morgan fingerprint density at radius 2 is 1.75 bits per heavy atom. The van der Waals surface area contributed by atoms with Crippen LogP contribution in [0.3, 0.4) is 0 Å². The number of rotatable bonds is 5. The number of fused-ring (bicyclic) bond motifs is 1. The Bertz CT molecular complexity index is 1220. The highest BCUT2D eigenvalue weighted by atomic mass is 16.5. The Kier molecular flexibility index (Phi) is 5.32. The average molecular weight is 378 g/mol. The van der Waals surface area contributed by atoms with Gasteiger partial charge in [0, 0.05) is 0 Å². The van der Waals surface area contributed by atoms with Crippen LogP contribution in [-0.4, -0.2) is 28.3 Å². The maximum atomic E-state index is 12.3. The molecule has 9 heteroatoms. The van der Waals surface area contributed by atoms with Gasteiger partial charge in [0.1, 0.15) is 12.6 Å². The van der Waals surface area contributed by atoms with E-state index in [9.17, 15) is 19.2 Å². The fourth-order valence-electron chi connectivity index (χ4n) is 2.55. The number of nitrogens with one attached hydrogen (secondary N) is 2. The van der Waals surface area contributed by atoms with Gasteiger partial charge in [-0.2, -0.15) is 5.26 Å². The van der Waals surface area contributed by atoms with Crippen LogP contribution >= 0.6 is 0 Å². The quantitative estimate of drug-likeness (QED) is 0.629. The van der Waals surface area contributed by atoms with Gasteiger partial charge in [0.15, 0.2) is 6.61 Å². The van der Waals surface area contributed by atoms with E-state index in [2.05, 4.69) is 10.4 Å². The molecular weight excluding hydrogens is 364 g/mol. The number of nitrogens with zero attached hydrogens (tertiary/aromatic N) is 2. The molecule has 1 amide bonds. The van der Waals surface area contributed by atoms with Gasteiger partial charge in [0.05, 0.1) is 22.0 Å². The van der Waals surface area contributed by atoms with Gasteiger partial charge in [-0.3, -0.25) is 24.3 Å². The molecule has 2 aromatic carbocycles.